The maximum absolute atomic E-state index is 11.0. The van der Waals surface area contributed by atoms with Crippen LogP contribution >= 0.6 is 0 Å². The summed E-state index contributed by atoms with van der Waals surface area (Å²) >= 11 is 0. The first-order valence-corrected chi connectivity index (χ1v) is 6.24. The molecule has 0 spiro atoms. The lowest BCUT2D eigenvalue weighted by molar-refractivity contribution is -0.135. The molecule has 4 nitrogen and oxygen atoms in total. The molecule has 0 saturated carbocycles. The zero-order valence-electron chi connectivity index (χ0n) is 10.8. The van der Waals surface area contributed by atoms with Crippen LogP contribution in [0.5, 0.6) is 0 Å². The van der Waals surface area contributed by atoms with Crippen molar-refractivity contribution in [2.75, 3.05) is 18.1 Å². The molecule has 2 unspecified atom stereocenters. The fraction of sp³-hybridized carbons (Fsp3) is 0.500. The third kappa shape index (κ3) is 2.82. The summed E-state index contributed by atoms with van der Waals surface area (Å²) < 4.78 is 5.54. The smallest absolute Gasteiger partial charge is 0.323 e. The number of hydrogen-bond acceptors (Lipinski definition) is 3. The van der Waals surface area contributed by atoms with Gasteiger partial charge in [0.15, 0.2) is 0 Å². The summed E-state index contributed by atoms with van der Waals surface area (Å²) in [7, 11) is 0. The van der Waals surface area contributed by atoms with Crippen LogP contribution in [0.1, 0.15) is 18.9 Å². The Hall–Kier alpha value is -1.55. The van der Waals surface area contributed by atoms with E-state index in [2.05, 4.69) is 0 Å². The highest BCUT2D eigenvalue weighted by molar-refractivity contribution is 5.74. The molecule has 0 aliphatic carbocycles. The number of rotatable bonds is 4. The predicted octanol–water partition coefficient (Wildman–Crippen LogP) is 2.06. The Morgan fingerprint density at radius 2 is 2.11 bits per heavy atom. The van der Waals surface area contributed by atoms with Gasteiger partial charge in [0.2, 0.25) is 0 Å². The molecule has 2 atom stereocenters. The van der Waals surface area contributed by atoms with E-state index in [1.165, 1.54) is 5.56 Å². The molecule has 1 aromatic rings. The highest BCUT2D eigenvalue weighted by atomic mass is 16.5. The van der Waals surface area contributed by atoms with Crippen molar-refractivity contribution in [2.24, 2.45) is 0 Å². The molecule has 1 aromatic carbocycles. The quantitative estimate of drug-likeness (QED) is 0.887. The zero-order chi connectivity index (χ0) is 13.1. The fourth-order valence-corrected chi connectivity index (χ4v) is 2.41. The van der Waals surface area contributed by atoms with Crippen LogP contribution in [-0.4, -0.2) is 36.4 Å². The van der Waals surface area contributed by atoms with Crippen LogP contribution in [0.3, 0.4) is 0 Å². The zero-order valence-corrected chi connectivity index (χ0v) is 10.8. The average molecular weight is 249 g/mol. The summed E-state index contributed by atoms with van der Waals surface area (Å²) in [5.74, 6) is -0.810. The Morgan fingerprint density at radius 1 is 1.44 bits per heavy atom. The van der Waals surface area contributed by atoms with Gasteiger partial charge < -0.3 is 14.7 Å². The van der Waals surface area contributed by atoms with E-state index in [1.54, 1.807) is 0 Å². The summed E-state index contributed by atoms with van der Waals surface area (Å²) in [5, 5.41) is 9.06. The van der Waals surface area contributed by atoms with Crippen molar-refractivity contribution in [1.29, 1.82) is 0 Å². The predicted molar refractivity (Wildman–Crippen MR) is 70.0 cm³/mol. The standard InChI is InChI=1S/C14H19NO3/c1-10-3-5-12(6-4-10)15(9-14(16)17)13-7-8-18-11(13)2/h3-6,11,13H,7-9H2,1-2H3,(H,16,17). The van der Waals surface area contributed by atoms with Crippen LogP contribution in [0.2, 0.25) is 0 Å². The number of benzene rings is 1. The van der Waals surface area contributed by atoms with Gasteiger partial charge in [0.25, 0.3) is 0 Å². The molecule has 4 heteroatoms. The normalized spacial score (nSPS) is 23.0. The molecule has 1 N–H and O–H groups in total. The number of anilines is 1. The number of aliphatic carboxylic acids is 1. The minimum Gasteiger partial charge on any atom is -0.480 e. The Labute approximate surface area is 107 Å². The topological polar surface area (TPSA) is 49.8 Å². The minimum atomic E-state index is -0.810. The first kappa shape index (κ1) is 12.9. The number of nitrogens with zero attached hydrogens (tertiary/aromatic N) is 1. The molecule has 1 heterocycles. The summed E-state index contributed by atoms with van der Waals surface area (Å²) in [6.07, 6.45) is 0.952. The largest absolute Gasteiger partial charge is 0.480 e. The summed E-state index contributed by atoms with van der Waals surface area (Å²) in [6, 6.07) is 8.10. The maximum atomic E-state index is 11.0. The number of ether oxygens (including phenoxy) is 1. The Balaban J connectivity index is 2.24. The van der Waals surface area contributed by atoms with Crippen LogP contribution in [0.15, 0.2) is 24.3 Å². The second-order valence-corrected chi connectivity index (χ2v) is 4.79. The first-order chi connectivity index (χ1) is 8.58. The van der Waals surface area contributed by atoms with Crippen LogP contribution in [0.25, 0.3) is 0 Å². The van der Waals surface area contributed by atoms with Crippen molar-refractivity contribution in [1.82, 2.24) is 0 Å². The van der Waals surface area contributed by atoms with Crippen molar-refractivity contribution in [3.8, 4) is 0 Å². The van der Waals surface area contributed by atoms with Crippen molar-refractivity contribution >= 4 is 11.7 Å². The molecule has 2 rings (SSSR count). The van der Waals surface area contributed by atoms with E-state index in [9.17, 15) is 4.79 Å². The van der Waals surface area contributed by atoms with Gasteiger partial charge in [0.05, 0.1) is 12.1 Å². The van der Waals surface area contributed by atoms with E-state index in [4.69, 9.17) is 9.84 Å². The number of carbonyl (C=O) groups is 1. The van der Waals surface area contributed by atoms with E-state index in [0.29, 0.717) is 6.61 Å². The van der Waals surface area contributed by atoms with E-state index in [1.807, 2.05) is 43.0 Å². The molecule has 0 radical (unpaired) electrons. The van der Waals surface area contributed by atoms with Gasteiger partial charge in [-0.3, -0.25) is 4.79 Å². The van der Waals surface area contributed by atoms with E-state index in [-0.39, 0.29) is 18.7 Å². The Kier molecular flexibility index (Phi) is 3.87. The Morgan fingerprint density at radius 3 is 2.61 bits per heavy atom. The second kappa shape index (κ2) is 5.40. The number of hydrogen-bond donors (Lipinski definition) is 1. The van der Waals surface area contributed by atoms with Gasteiger partial charge >= 0.3 is 5.97 Å². The maximum Gasteiger partial charge on any atom is 0.323 e. The molecular formula is C14H19NO3. The van der Waals surface area contributed by atoms with Crippen molar-refractivity contribution in [3.05, 3.63) is 29.8 Å². The lowest BCUT2D eigenvalue weighted by atomic mass is 10.1. The average Bonchev–Trinajstić information content (AvgIpc) is 2.73. The second-order valence-electron chi connectivity index (χ2n) is 4.79. The van der Waals surface area contributed by atoms with Crippen LogP contribution in [-0.2, 0) is 9.53 Å². The third-order valence-electron chi connectivity index (χ3n) is 3.41. The molecule has 0 bridgehead atoms. The molecule has 1 saturated heterocycles. The lowest BCUT2D eigenvalue weighted by Crippen LogP contribution is -2.43. The highest BCUT2D eigenvalue weighted by Crippen LogP contribution is 2.25. The van der Waals surface area contributed by atoms with Gasteiger partial charge in [0.1, 0.15) is 6.54 Å². The number of carboxylic acids is 1. The van der Waals surface area contributed by atoms with Crippen LogP contribution < -0.4 is 4.90 Å². The fourth-order valence-electron chi connectivity index (χ4n) is 2.41. The lowest BCUT2D eigenvalue weighted by Gasteiger charge is -2.31. The molecule has 1 aliphatic rings. The van der Waals surface area contributed by atoms with E-state index in [0.717, 1.165) is 12.1 Å². The number of aryl methyl sites for hydroxylation is 1. The van der Waals surface area contributed by atoms with Crippen LogP contribution in [0, 0.1) is 6.92 Å². The van der Waals surface area contributed by atoms with Crippen molar-refractivity contribution in [2.45, 2.75) is 32.4 Å². The summed E-state index contributed by atoms with van der Waals surface area (Å²) in [5.41, 5.74) is 2.12. The molecule has 1 aliphatic heterocycles. The van der Waals surface area contributed by atoms with Crippen molar-refractivity contribution < 1.29 is 14.6 Å². The minimum absolute atomic E-state index is 0.0153. The van der Waals surface area contributed by atoms with Crippen molar-refractivity contribution in [3.63, 3.8) is 0 Å². The SMILES string of the molecule is Cc1ccc(N(CC(=O)O)C2CCOC2C)cc1. The summed E-state index contributed by atoms with van der Waals surface area (Å²) in [6.45, 7) is 4.74. The van der Waals surface area contributed by atoms with Gasteiger partial charge in [0, 0.05) is 12.3 Å². The van der Waals surface area contributed by atoms with Gasteiger partial charge in [-0.25, -0.2) is 0 Å². The van der Waals surface area contributed by atoms with Gasteiger partial charge in [-0.05, 0) is 32.4 Å². The molecule has 0 amide bonds. The first-order valence-electron chi connectivity index (χ1n) is 6.24. The van der Waals surface area contributed by atoms with Gasteiger partial charge in [-0.2, -0.15) is 0 Å². The van der Waals surface area contributed by atoms with Gasteiger partial charge in [-0.1, -0.05) is 17.7 Å². The molecular weight excluding hydrogens is 230 g/mol. The monoisotopic (exact) mass is 249 g/mol. The van der Waals surface area contributed by atoms with E-state index < -0.39 is 5.97 Å². The van der Waals surface area contributed by atoms with Gasteiger partial charge in [-0.15, -0.1) is 0 Å². The highest BCUT2D eigenvalue weighted by Gasteiger charge is 2.31. The molecule has 18 heavy (non-hydrogen) atoms. The number of carboxylic acid groups (broad SMARTS) is 1. The molecule has 1 fully saturated rings. The third-order valence-corrected chi connectivity index (χ3v) is 3.41. The van der Waals surface area contributed by atoms with E-state index >= 15 is 0 Å². The Bertz CT molecular complexity index is 416. The summed E-state index contributed by atoms with van der Waals surface area (Å²) in [4.78, 5) is 13.0. The molecule has 98 valence electrons. The molecule has 0 aromatic heterocycles. The van der Waals surface area contributed by atoms with Crippen LogP contribution in [0.4, 0.5) is 5.69 Å².